The zero-order chi connectivity index (χ0) is 25.8. The predicted molar refractivity (Wildman–Crippen MR) is 143 cm³/mol. The van der Waals surface area contributed by atoms with Crippen LogP contribution in [-0.4, -0.2) is 30.8 Å². The van der Waals surface area contributed by atoms with E-state index in [2.05, 4.69) is 0 Å². The maximum atomic E-state index is 12.7. The second-order valence-corrected chi connectivity index (χ2v) is 10.4. The van der Waals surface area contributed by atoms with Crippen molar-refractivity contribution in [1.29, 1.82) is 0 Å². The number of fused-ring (bicyclic) bond motifs is 1. The van der Waals surface area contributed by atoms with E-state index in [-0.39, 0.29) is 4.90 Å². The third kappa shape index (κ3) is 5.59. The molecule has 2 atom stereocenters. The lowest BCUT2D eigenvalue weighted by Gasteiger charge is -2.26. The van der Waals surface area contributed by atoms with Crippen LogP contribution in [0.3, 0.4) is 0 Å². The van der Waals surface area contributed by atoms with E-state index in [4.69, 9.17) is 8.92 Å². The summed E-state index contributed by atoms with van der Waals surface area (Å²) in [5.41, 5.74) is 2.64. The van der Waals surface area contributed by atoms with Crippen LogP contribution in [0, 0.1) is 6.92 Å². The van der Waals surface area contributed by atoms with Crippen LogP contribution in [0.2, 0.25) is 0 Å². The second-order valence-electron chi connectivity index (χ2n) is 8.83. The average Bonchev–Trinajstić information content (AvgIpc) is 3.32. The number of aliphatic hydroxyl groups excluding tert-OH is 1. The van der Waals surface area contributed by atoms with Crippen LogP contribution in [0.1, 0.15) is 17.2 Å². The van der Waals surface area contributed by atoms with Gasteiger partial charge >= 0.3 is 0 Å². The standard InChI is InChI=1S/C30H27NO5S/c1-22-12-15-27(16-13-22)37(33,34)35-21-29(32)30(23-8-4-2-5-9-23)31-19-18-24-20-26(14-17-28(24)31)36-25-10-6-3-7-11-25/h2-20,29-30,32H,21H2,1H3/t29-,30+/m1/s1. The third-order valence-corrected chi connectivity index (χ3v) is 7.48. The highest BCUT2D eigenvalue weighted by atomic mass is 32.2. The summed E-state index contributed by atoms with van der Waals surface area (Å²) in [6, 6.07) is 32.5. The molecule has 0 unspecified atom stereocenters. The molecule has 188 valence electrons. The first-order chi connectivity index (χ1) is 17.9. The molecule has 0 amide bonds. The lowest BCUT2D eigenvalue weighted by molar-refractivity contribution is 0.0785. The molecule has 1 heterocycles. The number of ether oxygens (including phenoxy) is 1. The Morgan fingerprint density at radius 3 is 2.19 bits per heavy atom. The van der Waals surface area contributed by atoms with Crippen molar-refractivity contribution in [2.24, 2.45) is 0 Å². The molecule has 0 aliphatic heterocycles. The molecule has 1 aromatic heterocycles. The first-order valence-corrected chi connectivity index (χ1v) is 13.3. The zero-order valence-electron chi connectivity index (χ0n) is 20.3. The molecule has 0 fully saturated rings. The van der Waals surface area contributed by atoms with Gasteiger partial charge in [0.25, 0.3) is 10.1 Å². The molecule has 7 heteroatoms. The molecule has 0 spiro atoms. The topological polar surface area (TPSA) is 77.8 Å². The maximum absolute atomic E-state index is 12.7. The van der Waals surface area contributed by atoms with Gasteiger partial charge in [0.2, 0.25) is 0 Å². The van der Waals surface area contributed by atoms with Crippen molar-refractivity contribution in [2.45, 2.75) is 24.0 Å². The Labute approximate surface area is 216 Å². The number of hydrogen-bond acceptors (Lipinski definition) is 5. The van der Waals surface area contributed by atoms with Crippen LogP contribution >= 0.6 is 0 Å². The summed E-state index contributed by atoms with van der Waals surface area (Å²) in [5.74, 6) is 1.44. The Kier molecular flexibility index (Phi) is 7.10. The first-order valence-electron chi connectivity index (χ1n) is 11.9. The summed E-state index contributed by atoms with van der Waals surface area (Å²) in [5, 5.41) is 12.2. The van der Waals surface area contributed by atoms with E-state index >= 15 is 0 Å². The van der Waals surface area contributed by atoms with E-state index in [9.17, 15) is 13.5 Å². The van der Waals surface area contributed by atoms with Gasteiger partial charge in [0.1, 0.15) is 17.6 Å². The fraction of sp³-hybridized carbons (Fsp3) is 0.133. The van der Waals surface area contributed by atoms with E-state index in [1.54, 1.807) is 12.1 Å². The van der Waals surface area contributed by atoms with Gasteiger partial charge in [0.15, 0.2) is 0 Å². The Morgan fingerprint density at radius 1 is 0.811 bits per heavy atom. The summed E-state index contributed by atoms with van der Waals surface area (Å²) in [7, 11) is -4.02. The third-order valence-electron chi connectivity index (χ3n) is 6.18. The molecule has 5 aromatic rings. The molecular weight excluding hydrogens is 486 g/mol. The average molecular weight is 514 g/mol. The van der Waals surface area contributed by atoms with Gasteiger partial charge in [0.05, 0.1) is 17.5 Å². The van der Waals surface area contributed by atoms with Crippen molar-refractivity contribution >= 4 is 21.0 Å². The Bertz CT molecular complexity index is 1580. The number of aliphatic hydroxyl groups is 1. The van der Waals surface area contributed by atoms with Gasteiger partial charge in [-0.2, -0.15) is 8.42 Å². The van der Waals surface area contributed by atoms with E-state index < -0.39 is 28.9 Å². The van der Waals surface area contributed by atoms with Crippen molar-refractivity contribution in [1.82, 2.24) is 4.57 Å². The van der Waals surface area contributed by atoms with Gasteiger partial charge in [-0.15, -0.1) is 0 Å². The van der Waals surface area contributed by atoms with Crippen molar-refractivity contribution in [3.05, 3.63) is 127 Å². The van der Waals surface area contributed by atoms with Gasteiger partial charge in [-0.25, -0.2) is 0 Å². The Balaban J connectivity index is 1.43. The highest BCUT2D eigenvalue weighted by Crippen LogP contribution is 2.32. The van der Waals surface area contributed by atoms with Crippen molar-refractivity contribution in [2.75, 3.05) is 6.61 Å². The second kappa shape index (κ2) is 10.6. The minimum atomic E-state index is -4.02. The van der Waals surface area contributed by atoms with Crippen LogP contribution in [0.5, 0.6) is 11.5 Å². The maximum Gasteiger partial charge on any atom is 0.297 e. The number of aryl methyl sites for hydroxylation is 1. The largest absolute Gasteiger partial charge is 0.457 e. The van der Waals surface area contributed by atoms with Gasteiger partial charge in [-0.05, 0) is 61.0 Å². The van der Waals surface area contributed by atoms with Crippen LogP contribution in [0.4, 0.5) is 0 Å². The highest BCUT2D eigenvalue weighted by Gasteiger charge is 2.27. The summed E-state index contributed by atoms with van der Waals surface area (Å²) in [6.45, 7) is 1.48. The van der Waals surface area contributed by atoms with Crippen LogP contribution in [0.25, 0.3) is 10.9 Å². The molecule has 37 heavy (non-hydrogen) atoms. The van der Waals surface area contributed by atoms with Crippen molar-refractivity contribution in [3.63, 3.8) is 0 Å². The van der Waals surface area contributed by atoms with E-state index in [1.807, 2.05) is 103 Å². The molecule has 6 nitrogen and oxygen atoms in total. The quantitative estimate of drug-likeness (QED) is 0.241. The number of para-hydroxylation sites is 1. The van der Waals surface area contributed by atoms with Crippen molar-refractivity contribution in [3.8, 4) is 11.5 Å². The normalized spacial score (nSPS) is 13.4. The van der Waals surface area contributed by atoms with E-state index in [0.717, 1.165) is 27.8 Å². The van der Waals surface area contributed by atoms with Gasteiger partial charge in [-0.3, -0.25) is 4.18 Å². The SMILES string of the molecule is Cc1ccc(S(=O)(=O)OC[C@@H](O)[C@H](c2ccccc2)n2ccc3cc(Oc4ccccc4)ccc32)cc1. The van der Waals surface area contributed by atoms with Gasteiger partial charge in [-0.1, -0.05) is 66.2 Å². The molecule has 4 aromatic carbocycles. The number of benzene rings is 4. The van der Waals surface area contributed by atoms with E-state index in [1.165, 1.54) is 12.1 Å². The van der Waals surface area contributed by atoms with E-state index in [0.29, 0.717) is 5.75 Å². The van der Waals surface area contributed by atoms with Gasteiger partial charge < -0.3 is 14.4 Å². The number of hydrogen-bond donors (Lipinski definition) is 1. The smallest absolute Gasteiger partial charge is 0.297 e. The first kappa shape index (κ1) is 24.8. The monoisotopic (exact) mass is 513 g/mol. The minimum Gasteiger partial charge on any atom is -0.457 e. The summed E-state index contributed by atoms with van der Waals surface area (Å²) < 4.78 is 38.7. The van der Waals surface area contributed by atoms with Crippen LogP contribution in [-0.2, 0) is 14.3 Å². The Morgan fingerprint density at radius 2 is 1.49 bits per heavy atom. The zero-order valence-corrected chi connectivity index (χ0v) is 21.1. The number of nitrogens with zero attached hydrogens (tertiary/aromatic N) is 1. The fourth-order valence-electron chi connectivity index (χ4n) is 4.31. The molecule has 0 saturated heterocycles. The summed E-state index contributed by atoms with van der Waals surface area (Å²) in [6.07, 6.45) is 0.741. The molecule has 0 bridgehead atoms. The predicted octanol–water partition coefficient (Wildman–Crippen LogP) is 6.10. The molecule has 0 radical (unpaired) electrons. The summed E-state index contributed by atoms with van der Waals surface area (Å²) >= 11 is 0. The fourth-order valence-corrected chi connectivity index (χ4v) is 5.24. The van der Waals surface area contributed by atoms with Crippen LogP contribution in [0.15, 0.2) is 120 Å². The lowest BCUT2D eigenvalue weighted by Crippen LogP contribution is -2.30. The van der Waals surface area contributed by atoms with Crippen LogP contribution < -0.4 is 4.74 Å². The molecule has 0 saturated carbocycles. The number of aromatic nitrogens is 1. The van der Waals surface area contributed by atoms with Gasteiger partial charge in [0, 0.05) is 17.1 Å². The highest BCUT2D eigenvalue weighted by molar-refractivity contribution is 7.86. The lowest BCUT2D eigenvalue weighted by atomic mass is 10.0. The Hall–Kier alpha value is -3.91. The molecule has 0 aliphatic rings. The molecular formula is C30H27NO5S. The number of rotatable bonds is 9. The molecule has 0 aliphatic carbocycles. The molecule has 5 rings (SSSR count). The minimum absolute atomic E-state index is 0.0546. The summed E-state index contributed by atoms with van der Waals surface area (Å²) in [4.78, 5) is 0.0546. The van der Waals surface area contributed by atoms with Crippen molar-refractivity contribution < 1.29 is 22.4 Å². The molecule has 1 N–H and O–H groups in total.